The van der Waals surface area contributed by atoms with Gasteiger partial charge < -0.3 is 4.57 Å². The van der Waals surface area contributed by atoms with Gasteiger partial charge in [-0.3, -0.25) is 0 Å². The largest absolute Gasteiger partial charge is 0.309 e. The van der Waals surface area contributed by atoms with Crippen molar-refractivity contribution in [2.24, 2.45) is 0 Å². The van der Waals surface area contributed by atoms with Crippen molar-refractivity contribution in [2.75, 3.05) is 0 Å². The zero-order chi connectivity index (χ0) is 40.0. The molecule has 0 amide bonds. The van der Waals surface area contributed by atoms with E-state index in [1.807, 2.05) is 0 Å². The van der Waals surface area contributed by atoms with Crippen molar-refractivity contribution < 1.29 is 0 Å². The van der Waals surface area contributed by atoms with Crippen molar-refractivity contribution in [3.63, 3.8) is 0 Å². The van der Waals surface area contributed by atoms with Crippen LogP contribution in [-0.2, 0) is 0 Å². The Kier molecular flexibility index (Phi) is 7.37. The summed E-state index contributed by atoms with van der Waals surface area (Å²) >= 11 is 0. The second-order valence-corrected chi connectivity index (χ2v) is 16.5. The monoisotopic (exact) mass is 771 g/mol. The molecule has 0 bridgehead atoms. The molecule has 0 saturated carbocycles. The van der Waals surface area contributed by atoms with Gasteiger partial charge in [-0.05, 0) is 165 Å². The van der Waals surface area contributed by atoms with Crippen LogP contribution < -0.4 is 0 Å². The van der Waals surface area contributed by atoms with Crippen molar-refractivity contribution in [2.45, 2.75) is 0 Å². The predicted octanol–water partition coefficient (Wildman–Crippen LogP) is 16.7. The summed E-state index contributed by atoms with van der Waals surface area (Å²) in [5.74, 6) is 0. The van der Waals surface area contributed by atoms with Crippen molar-refractivity contribution in [1.29, 1.82) is 0 Å². The highest BCUT2D eigenvalue weighted by Gasteiger charge is 2.19. The molecule has 0 aliphatic heterocycles. The Morgan fingerprint density at radius 3 is 1.16 bits per heavy atom. The van der Waals surface area contributed by atoms with E-state index in [-0.39, 0.29) is 0 Å². The molecule has 1 aromatic heterocycles. The van der Waals surface area contributed by atoms with Crippen molar-refractivity contribution in [3.8, 4) is 39.1 Å². The van der Waals surface area contributed by atoms with Crippen LogP contribution in [0, 0.1) is 0 Å². The summed E-state index contributed by atoms with van der Waals surface area (Å²) in [4.78, 5) is 0. The van der Waals surface area contributed by atoms with Crippen LogP contribution in [-0.4, -0.2) is 4.57 Å². The van der Waals surface area contributed by atoms with Gasteiger partial charge in [0.05, 0.1) is 11.0 Å². The first-order valence-electron chi connectivity index (χ1n) is 21.2. The van der Waals surface area contributed by atoms with E-state index in [1.54, 1.807) is 0 Å². The van der Waals surface area contributed by atoms with Gasteiger partial charge in [0.25, 0.3) is 0 Å². The maximum absolute atomic E-state index is 2.44. The number of benzene rings is 12. The molecule has 0 saturated heterocycles. The van der Waals surface area contributed by atoms with E-state index >= 15 is 0 Å². The number of para-hydroxylation sites is 2. The first-order valence-corrected chi connectivity index (χ1v) is 21.2. The average Bonchev–Trinajstić information content (AvgIpc) is 3.66. The highest BCUT2D eigenvalue weighted by atomic mass is 15.0. The quantitative estimate of drug-likeness (QED) is 0.157. The van der Waals surface area contributed by atoms with Gasteiger partial charge in [0.15, 0.2) is 0 Å². The zero-order valence-corrected chi connectivity index (χ0v) is 33.3. The van der Waals surface area contributed by atoms with Gasteiger partial charge >= 0.3 is 0 Å². The number of fused-ring (bicyclic) bond motifs is 9. The topological polar surface area (TPSA) is 4.93 Å². The van der Waals surface area contributed by atoms with Crippen LogP contribution in [0.4, 0.5) is 0 Å². The van der Waals surface area contributed by atoms with E-state index in [0.717, 1.165) is 5.69 Å². The Morgan fingerprint density at radius 1 is 0.213 bits per heavy atom. The fourth-order valence-corrected chi connectivity index (χ4v) is 10.2. The Hall–Kier alpha value is -8.00. The lowest BCUT2D eigenvalue weighted by Crippen LogP contribution is -1.95. The lowest BCUT2D eigenvalue weighted by Gasteiger charge is -2.19. The summed E-state index contributed by atoms with van der Waals surface area (Å²) in [5.41, 5.74) is 11.0. The van der Waals surface area contributed by atoms with E-state index in [0.29, 0.717) is 0 Å². The van der Waals surface area contributed by atoms with E-state index in [9.17, 15) is 0 Å². The predicted molar refractivity (Wildman–Crippen MR) is 262 cm³/mol. The first-order chi connectivity index (χ1) is 30.2. The van der Waals surface area contributed by atoms with Crippen LogP contribution in [0.25, 0.3) is 126 Å². The fourth-order valence-electron chi connectivity index (χ4n) is 10.2. The molecule has 1 nitrogen and oxygen atoms in total. The van der Waals surface area contributed by atoms with Gasteiger partial charge in [0, 0.05) is 16.5 Å². The highest BCUT2D eigenvalue weighted by Crippen LogP contribution is 2.46. The molecule has 13 rings (SSSR count). The van der Waals surface area contributed by atoms with E-state index in [2.05, 4.69) is 229 Å². The van der Waals surface area contributed by atoms with E-state index in [1.165, 1.54) is 120 Å². The van der Waals surface area contributed by atoms with Crippen LogP contribution >= 0.6 is 0 Å². The fraction of sp³-hybridized carbons (Fsp3) is 0. The standard InChI is InChI=1S/C60H37N/c1-3-13-41-33-48-35-43(21-22-44(48)31-39(41)11-1)46-27-30-55-56(37-46)60(47-24-23-45-32-40-12-2-4-14-42(40)34-49(45)36-47)54-18-6-5-17-53(54)59(55)38-25-28-50(29-26-38)61-57-19-9-7-15-51(57)52-16-8-10-20-58(52)61/h1-37H. The van der Waals surface area contributed by atoms with Crippen LogP contribution in [0.2, 0.25) is 0 Å². The third-order valence-electron chi connectivity index (χ3n) is 13.0. The number of aromatic nitrogens is 1. The molecule has 1 heterocycles. The summed E-state index contributed by atoms with van der Waals surface area (Å²) in [6.07, 6.45) is 0. The van der Waals surface area contributed by atoms with Gasteiger partial charge in [-0.25, -0.2) is 0 Å². The number of nitrogens with zero attached hydrogens (tertiary/aromatic N) is 1. The number of hydrogen-bond donors (Lipinski definition) is 0. The first kappa shape index (κ1) is 33.9. The molecule has 0 N–H and O–H groups in total. The third kappa shape index (κ3) is 5.34. The maximum Gasteiger partial charge on any atom is 0.0541 e. The summed E-state index contributed by atoms with van der Waals surface area (Å²) < 4.78 is 2.40. The second kappa shape index (κ2) is 13.3. The lowest BCUT2D eigenvalue weighted by atomic mass is 9.84. The Labute approximate surface area is 353 Å². The van der Waals surface area contributed by atoms with Crippen LogP contribution in [0.15, 0.2) is 224 Å². The molecule has 282 valence electrons. The van der Waals surface area contributed by atoms with Crippen molar-refractivity contribution in [1.82, 2.24) is 4.57 Å². The molecule has 1 heteroatoms. The highest BCUT2D eigenvalue weighted by molar-refractivity contribution is 6.22. The smallest absolute Gasteiger partial charge is 0.0541 e. The molecule has 0 aliphatic rings. The SMILES string of the molecule is c1ccc2cc3cc(-c4ccc5c(-c6ccc(-n7c8ccccc8c8ccccc87)cc6)c6ccccc6c(-c6ccc7cc8ccccc8cc7c6)c5c4)ccc3cc2c1. The van der Waals surface area contributed by atoms with Crippen LogP contribution in [0.5, 0.6) is 0 Å². The Bertz CT molecular complexity index is 3870. The zero-order valence-electron chi connectivity index (χ0n) is 33.3. The molecule has 13 aromatic rings. The van der Waals surface area contributed by atoms with Gasteiger partial charge in [-0.2, -0.15) is 0 Å². The molecule has 12 aromatic carbocycles. The molecule has 0 aliphatic carbocycles. The molecule has 0 unspecified atom stereocenters. The molecular weight excluding hydrogens is 735 g/mol. The molecule has 0 fully saturated rings. The molecule has 0 spiro atoms. The Balaban J connectivity index is 1.05. The molecular formula is C60H37N. The summed E-state index contributed by atoms with van der Waals surface area (Å²) in [6.45, 7) is 0. The minimum Gasteiger partial charge on any atom is -0.309 e. The minimum absolute atomic E-state index is 1.15. The third-order valence-corrected chi connectivity index (χ3v) is 13.0. The van der Waals surface area contributed by atoms with E-state index < -0.39 is 0 Å². The van der Waals surface area contributed by atoms with Gasteiger partial charge in [0.1, 0.15) is 0 Å². The van der Waals surface area contributed by atoms with E-state index in [4.69, 9.17) is 0 Å². The van der Waals surface area contributed by atoms with Gasteiger partial charge in [0.2, 0.25) is 0 Å². The average molecular weight is 772 g/mol. The molecule has 0 atom stereocenters. The Morgan fingerprint density at radius 2 is 0.590 bits per heavy atom. The molecule has 0 radical (unpaired) electrons. The number of hydrogen-bond acceptors (Lipinski definition) is 0. The summed E-state index contributed by atoms with van der Waals surface area (Å²) in [7, 11) is 0. The van der Waals surface area contributed by atoms with Gasteiger partial charge in [-0.15, -0.1) is 0 Å². The van der Waals surface area contributed by atoms with Crippen LogP contribution in [0.3, 0.4) is 0 Å². The minimum atomic E-state index is 1.15. The summed E-state index contributed by atoms with van der Waals surface area (Å²) in [5, 5.41) is 17.6. The normalized spacial score (nSPS) is 11.9. The maximum atomic E-state index is 2.44. The number of rotatable bonds is 4. The van der Waals surface area contributed by atoms with Crippen molar-refractivity contribution in [3.05, 3.63) is 224 Å². The molecule has 61 heavy (non-hydrogen) atoms. The van der Waals surface area contributed by atoms with Gasteiger partial charge in [-0.1, -0.05) is 158 Å². The van der Waals surface area contributed by atoms with Crippen LogP contribution in [0.1, 0.15) is 0 Å². The second-order valence-electron chi connectivity index (χ2n) is 16.5. The van der Waals surface area contributed by atoms with Crippen molar-refractivity contribution >= 4 is 86.4 Å². The summed E-state index contributed by atoms with van der Waals surface area (Å²) in [6, 6.07) is 83.4. The lowest BCUT2D eigenvalue weighted by molar-refractivity contribution is 1.18.